The lowest BCUT2D eigenvalue weighted by atomic mass is 10.1. The molecule has 0 aliphatic heterocycles. The van der Waals surface area contributed by atoms with Crippen molar-refractivity contribution in [2.24, 2.45) is 5.41 Å². The van der Waals surface area contributed by atoms with Crippen molar-refractivity contribution in [3.8, 4) is 0 Å². The second-order valence-corrected chi connectivity index (χ2v) is 4.96. The molecule has 90 valence electrons. The maximum atomic E-state index is 13.3. The second-order valence-electron chi connectivity index (χ2n) is 4.96. The van der Waals surface area contributed by atoms with Crippen LogP contribution in [0.2, 0.25) is 0 Å². The van der Waals surface area contributed by atoms with E-state index in [-0.39, 0.29) is 0 Å². The Labute approximate surface area is 93.1 Å². The summed E-state index contributed by atoms with van der Waals surface area (Å²) in [5.41, 5.74) is -1.98. The SMILES string of the molecule is CC(C)(C)OC(=O)C(F)=CC1(C(=O)O)CC1. The second kappa shape index (κ2) is 3.88. The van der Waals surface area contributed by atoms with Gasteiger partial charge < -0.3 is 9.84 Å². The smallest absolute Gasteiger partial charge is 0.367 e. The summed E-state index contributed by atoms with van der Waals surface area (Å²) in [5.74, 6) is -3.35. The molecule has 0 aromatic carbocycles. The van der Waals surface area contributed by atoms with Crippen molar-refractivity contribution < 1.29 is 23.8 Å². The van der Waals surface area contributed by atoms with Gasteiger partial charge in [0.25, 0.3) is 0 Å². The summed E-state index contributed by atoms with van der Waals surface area (Å²) >= 11 is 0. The van der Waals surface area contributed by atoms with Crippen LogP contribution < -0.4 is 0 Å². The van der Waals surface area contributed by atoms with Gasteiger partial charge in [0.2, 0.25) is 5.83 Å². The molecule has 0 saturated heterocycles. The lowest BCUT2D eigenvalue weighted by Crippen LogP contribution is -2.24. The number of aliphatic carboxylic acids is 1. The summed E-state index contributed by atoms with van der Waals surface area (Å²) < 4.78 is 18.1. The van der Waals surface area contributed by atoms with Gasteiger partial charge in [-0.05, 0) is 39.7 Å². The minimum Gasteiger partial charge on any atom is -0.481 e. The molecule has 16 heavy (non-hydrogen) atoms. The highest BCUT2D eigenvalue weighted by molar-refractivity contribution is 5.89. The van der Waals surface area contributed by atoms with Crippen molar-refractivity contribution in [1.29, 1.82) is 0 Å². The van der Waals surface area contributed by atoms with Gasteiger partial charge in [-0.2, -0.15) is 4.39 Å². The first-order valence-electron chi connectivity index (χ1n) is 5.01. The van der Waals surface area contributed by atoms with Crippen LogP contribution in [0.1, 0.15) is 33.6 Å². The topological polar surface area (TPSA) is 63.6 Å². The molecule has 1 aliphatic carbocycles. The number of carbonyl (C=O) groups is 2. The third kappa shape index (κ3) is 3.05. The van der Waals surface area contributed by atoms with E-state index in [1.54, 1.807) is 20.8 Å². The fraction of sp³-hybridized carbons (Fsp3) is 0.636. The predicted molar refractivity (Wildman–Crippen MR) is 54.3 cm³/mol. The molecular weight excluding hydrogens is 215 g/mol. The van der Waals surface area contributed by atoms with Crippen LogP contribution in [0.5, 0.6) is 0 Å². The number of esters is 1. The number of carbonyl (C=O) groups excluding carboxylic acids is 1. The molecule has 0 amide bonds. The number of hydrogen-bond acceptors (Lipinski definition) is 3. The quantitative estimate of drug-likeness (QED) is 0.595. The first-order chi connectivity index (χ1) is 7.16. The van der Waals surface area contributed by atoms with Gasteiger partial charge in [-0.1, -0.05) is 0 Å². The van der Waals surface area contributed by atoms with Crippen molar-refractivity contribution in [3.05, 3.63) is 11.9 Å². The summed E-state index contributed by atoms with van der Waals surface area (Å²) in [5, 5.41) is 8.80. The summed E-state index contributed by atoms with van der Waals surface area (Å²) in [4.78, 5) is 22.0. The van der Waals surface area contributed by atoms with E-state index in [0.717, 1.165) is 6.08 Å². The Kier molecular flexibility index (Phi) is 3.08. The fourth-order valence-electron chi connectivity index (χ4n) is 1.18. The van der Waals surface area contributed by atoms with Crippen LogP contribution in [0.15, 0.2) is 11.9 Å². The molecule has 0 spiro atoms. The van der Waals surface area contributed by atoms with Crippen LogP contribution in [0, 0.1) is 5.41 Å². The number of carboxylic acids is 1. The third-order valence-corrected chi connectivity index (χ3v) is 2.21. The van der Waals surface area contributed by atoms with Crippen molar-refractivity contribution in [1.82, 2.24) is 0 Å². The van der Waals surface area contributed by atoms with Crippen LogP contribution in [0.4, 0.5) is 4.39 Å². The summed E-state index contributed by atoms with van der Waals surface area (Å²) in [6.07, 6.45) is 1.57. The van der Waals surface area contributed by atoms with Gasteiger partial charge in [0, 0.05) is 0 Å². The van der Waals surface area contributed by atoms with E-state index < -0.39 is 28.8 Å². The molecule has 4 nitrogen and oxygen atoms in total. The summed E-state index contributed by atoms with van der Waals surface area (Å²) in [6.45, 7) is 4.84. The standard InChI is InChI=1S/C11H15FO4/c1-10(2,3)16-8(13)7(12)6-11(4-5-11)9(14)15/h6H,4-5H2,1-3H3,(H,14,15). The number of carboxylic acid groups (broad SMARTS) is 1. The molecule has 0 aromatic rings. The molecule has 0 unspecified atom stereocenters. The largest absolute Gasteiger partial charge is 0.481 e. The van der Waals surface area contributed by atoms with Gasteiger partial charge in [-0.3, -0.25) is 4.79 Å². The van der Waals surface area contributed by atoms with Gasteiger partial charge in [0.15, 0.2) is 0 Å². The average Bonchev–Trinajstić information content (AvgIpc) is 2.82. The Morgan fingerprint density at radius 2 is 1.88 bits per heavy atom. The first kappa shape index (κ1) is 12.7. The van der Waals surface area contributed by atoms with Crippen LogP contribution in [0.3, 0.4) is 0 Å². The summed E-state index contributed by atoms with van der Waals surface area (Å²) in [7, 11) is 0. The van der Waals surface area contributed by atoms with Crippen LogP contribution >= 0.6 is 0 Å². The number of rotatable bonds is 3. The highest BCUT2D eigenvalue weighted by Crippen LogP contribution is 2.48. The van der Waals surface area contributed by atoms with Gasteiger partial charge in [-0.25, -0.2) is 4.79 Å². The third-order valence-electron chi connectivity index (χ3n) is 2.21. The van der Waals surface area contributed by atoms with Crippen molar-refractivity contribution in [3.63, 3.8) is 0 Å². The Hall–Kier alpha value is -1.39. The monoisotopic (exact) mass is 230 g/mol. The molecule has 5 heteroatoms. The van der Waals surface area contributed by atoms with E-state index in [9.17, 15) is 14.0 Å². The van der Waals surface area contributed by atoms with E-state index in [1.807, 2.05) is 0 Å². The van der Waals surface area contributed by atoms with Gasteiger partial charge in [-0.15, -0.1) is 0 Å². The Bertz CT molecular complexity index is 347. The Morgan fingerprint density at radius 1 is 1.38 bits per heavy atom. The fourth-order valence-corrected chi connectivity index (χ4v) is 1.18. The van der Waals surface area contributed by atoms with E-state index in [0.29, 0.717) is 12.8 Å². The molecule has 1 aliphatic rings. The van der Waals surface area contributed by atoms with Gasteiger partial charge in [0.1, 0.15) is 5.60 Å². The highest BCUT2D eigenvalue weighted by atomic mass is 19.1. The van der Waals surface area contributed by atoms with E-state index >= 15 is 0 Å². The molecular formula is C11H15FO4. The van der Waals surface area contributed by atoms with E-state index in [2.05, 4.69) is 0 Å². The van der Waals surface area contributed by atoms with E-state index in [1.165, 1.54) is 0 Å². The molecule has 0 heterocycles. The normalized spacial score (nSPS) is 19.1. The summed E-state index contributed by atoms with van der Waals surface area (Å²) in [6, 6.07) is 0. The lowest BCUT2D eigenvalue weighted by Gasteiger charge is -2.18. The minimum absolute atomic E-state index is 0.360. The average molecular weight is 230 g/mol. The first-order valence-corrected chi connectivity index (χ1v) is 5.01. The van der Waals surface area contributed by atoms with Gasteiger partial charge in [0.05, 0.1) is 5.41 Å². The molecule has 1 saturated carbocycles. The van der Waals surface area contributed by atoms with Crippen LogP contribution in [0.25, 0.3) is 0 Å². The zero-order chi connectivity index (χ0) is 12.6. The predicted octanol–water partition coefficient (Wildman–Crippen LogP) is 2.05. The maximum Gasteiger partial charge on any atom is 0.367 e. The zero-order valence-electron chi connectivity index (χ0n) is 9.54. The zero-order valence-corrected chi connectivity index (χ0v) is 9.54. The lowest BCUT2D eigenvalue weighted by molar-refractivity contribution is -0.151. The maximum absolute atomic E-state index is 13.3. The number of hydrogen-bond donors (Lipinski definition) is 1. The van der Waals surface area contributed by atoms with Crippen molar-refractivity contribution in [2.45, 2.75) is 39.2 Å². The van der Waals surface area contributed by atoms with Gasteiger partial charge >= 0.3 is 11.9 Å². The number of ether oxygens (including phenoxy) is 1. The molecule has 1 rings (SSSR count). The molecule has 0 atom stereocenters. The number of halogens is 1. The van der Waals surface area contributed by atoms with E-state index in [4.69, 9.17) is 9.84 Å². The highest BCUT2D eigenvalue weighted by Gasteiger charge is 2.49. The van der Waals surface area contributed by atoms with Crippen molar-refractivity contribution in [2.75, 3.05) is 0 Å². The minimum atomic E-state index is -1.19. The molecule has 0 bridgehead atoms. The van der Waals surface area contributed by atoms with Crippen molar-refractivity contribution >= 4 is 11.9 Å². The van der Waals surface area contributed by atoms with Crippen LogP contribution in [-0.2, 0) is 14.3 Å². The Balaban J connectivity index is 2.71. The Morgan fingerprint density at radius 3 is 2.19 bits per heavy atom. The molecule has 0 aromatic heterocycles. The molecule has 1 N–H and O–H groups in total. The van der Waals surface area contributed by atoms with Crippen LogP contribution in [-0.4, -0.2) is 22.6 Å². The molecule has 0 radical (unpaired) electrons. The molecule has 1 fully saturated rings.